The van der Waals surface area contributed by atoms with Gasteiger partial charge in [-0.1, -0.05) is 34.1 Å². The van der Waals surface area contributed by atoms with Crippen molar-refractivity contribution in [2.75, 3.05) is 0 Å². The number of hydrogen-bond donors (Lipinski definition) is 1. The Labute approximate surface area is 114 Å². The summed E-state index contributed by atoms with van der Waals surface area (Å²) in [5, 5.41) is 10.3. The maximum absolute atomic E-state index is 10.3. The molecular formula is C14H15BrOS. The summed E-state index contributed by atoms with van der Waals surface area (Å²) >= 11 is 5.25. The minimum atomic E-state index is -0.418. The first-order valence-electron chi connectivity index (χ1n) is 5.56. The Morgan fingerprint density at radius 3 is 2.59 bits per heavy atom. The molecule has 1 nitrogen and oxygen atoms in total. The van der Waals surface area contributed by atoms with Crippen molar-refractivity contribution < 1.29 is 5.11 Å². The number of thiophene rings is 1. The fraction of sp³-hybridized carbons (Fsp3) is 0.286. The van der Waals surface area contributed by atoms with Crippen LogP contribution in [0.4, 0.5) is 0 Å². The van der Waals surface area contributed by atoms with E-state index in [0.29, 0.717) is 6.42 Å². The Kier molecular flexibility index (Phi) is 4.02. The van der Waals surface area contributed by atoms with Crippen molar-refractivity contribution >= 4 is 27.3 Å². The minimum Gasteiger partial charge on any atom is -0.388 e. The summed E-state index contributed by atoms with van der Waals surface area (Å²) in [6, 6.07) is 10.1. The first kappa shape index (κ1) is 12.8. The highest BCUT2D eigenvalue weighted by Gasteiger charge is 2.14. The van der Waals surface area contributed by atoms with Gasteiger partial charge in [-0.05, 0) is 37.1 Å². The van der Waals surface area contributed by atoms with Crippen LogP contribution in [0.25, 0.3) is 0 Å². The van der Waals surface area contributed by atoms with E-state index in [0.717, 1.165) is 15.6 Å². The van der Waals surface area contributed by atoms with Crippen molar-refractivity contribution in [3.8, 4) is 0 Å². The van der Waals surface area contributed by atoms with E-state index in [9.17, 15) is 5.11 Å². The third-order valence-electron chi connectivity index (χ3n) is 2.81. The molecular weight excluding hydrogens is 296 g/mol. The lowest BCUT2D eigenvalue weighted by Gasteiger charge is -2.11. The summed E-state index contributed by atoms with van der Waals surface area (Å²) in [7, 11) is 0. The summed E-state index contributed by atoms with van der Waals surface area (Å²) in [5.41, 5.74) is 2.20. The van der Waals surface area contributed by atoms with E-state index in [1.807, 2.05) is 24.3 Å². The number of rotatable bonds is 3. The lowest BCUT2D eigenvalue weighted by Crippen LogP contribution is -2.02. The van der Waals surface area contributed by atoms with Crippen molar-refractivity contribution in [1.82, 2.24) is 0 Å². The molecule has 1 aromatic heterocycles. The monoisotopic (exact) mass is 310 g/mol. The summed E-state index contributed by atoms with van der Waals surface area (Å²) in [5.74, 6) is 0. The molecule has 0 radical (unpaired) electrons. The molecule has 1 heterocycles. The smallest absolute Gasteiger partial charge is 0.0841 e. The molecule has 90 valence electrons. The molecule has 0 aliphatic carbocycles. The van der Waals surface area contributed by atoms with Gasteiger partial charge in [-0.2, -0.15) is 0 Å². The number of hydrogen-bond acceptors (Lipinski definition) is 2. The van der Waals surface area contributed by atoms with Crippen LogP contribution in [0.2, 0.25) is 0 Å². The molecule has 1 N–H and O–H groups in total. The lowest BCUT2D eigenvalue weighted by molar-refractivity contribution is 0.178. The summed E-state index contributed by atoms with van der Waals surface area (Å²) in [4.78, 5) is 2.46. The highest BCUT2D eigenvalue weighted by molar-refractivity contribution is 9.10. The molecule has 0 fully saturated rings. The van der Waals surface area contributed by atoms with Gasteiger partial charge in [0.25, 0.3) is 0 Å². The minimum absolute atomic E-state index is 0.418. The third kappa shape index (κ3) is 2.97. The van der Waals surface area contributed by atoms with E-state index in [2.05, 4.69) is 35.8 Å². The Bertz CT molecular complexity index is 519. The Morgan fingerprint density at radius 1 is 1.29 bits per heavy atom. The topological polar surface area (TPSA) is 20.2 Å². The summed E-state index contributed by atoms with van der Waals surface area (Å²) in [6.07, 6.45) is 0.233. The molecule has 0 spiro atoms. The van der Waals surface area contributed by atoms with E-state index in [4.69, 9.17) is 0 Å². The van der Waals surface area contributed by atoms with Crippen LogP contribution in [-0.4, -0.2) is 5.11 Å². The SMILES string of the molecule is Cc1cc(C(O)Cc2ccccc2Br)c(C)s1. The van der Waals surface area contributed by atoms with Crippen LogP contribution < -0.4 is 0 Å². The van der Waals surface area contributed by atoms with E-state index in [-0.39, 0.29) is 0 Å². The van der Waals surface area contributed by atoms with Gasteiger partial charge in [0.15, 0.2) is 0 Å². The summed E-state index contributed by atoms with van der Waals surface area (Å²) < 4.78 is 1.06. The molecule has 2 aromatic rings. The average Bonchev–Trinajstić information content (AvgIpc) is 2.61. The Hall–Kier alpha value is -0.640. The number of aliphatic hydroxyl groups excluding tert-OH is 1. The van der Waals surface area contributed by atoms with E-state index < -0.39 is 6.10 Å². The molecule has 0 saturated heterocycles. The van der Waals surface area contributed by atoms with E-state index in [1.54, 1.807) is 11.3 Å². The fourth-order valence-corrected chi connectivity index (χ4v) is 3.39. The number of halogens is 1. The molecule has 3 heteroatoms. The van der Waals surface area contributed by atoms with Crippen LogP contribution in [0, 0.1) is 13.8 Å². The average molecular weight is 311 g/mol. The second-order valence-electron chi connectivity index (χ2n) is 4.18. The standard InChI is InChI=1S/C14H15BrOS/c1-9-7-12(10(2)17-9)14(16)8-11-5-3-4-6-13(11)15/h3-7,14,16H,8H2,1-2H3. The first-order valence-corrected chi connectivity index (χ1v) is 7.17. The van der Waals surface area contributed by atoms with Gasteiger partial charge >= 0.3 is 0 Å². The number of benzene rings is 1. The van der Waals surface area contributed by atoms with Gasteiger partial charge < -0.3 is 5.11 Å². The van der Waals surface area contributed by atoms with Crippen molar-refractivity contribution in [2.24, 2.45) is 0 Å². The lowest BCUT2D eigenvalue weighted by atomic mass is 10.0. The van der Waals surface area contributed by atoms with Crippen LogP contribution in [0.5, 0.6) is 0 Å². The molecule has 2 rings (SSSR count). The molecule has 0 amide bonds. The van der Waals surface area contributed by atoms with Gasteiger partial charge in [-0.25, -0.2) is 0 Å². The van der Waals surface area contributed by atoms with Crippen molar-refractivity contribution in [3.63, 3.8) is 0 Å². The molecule has 0 aliphatic heterocycles. The molecule has 1 aromatic carbocycles. The predicted octanol–water partition coefficient (Wildman–Crippen LogP) is 4.40. The zero-order chi connectivity index (χ0) is 12.4. The maximum Gasteiger partial charge on any atom is 0.0841 e. The Morgan fingerprint density at radius 2 is 2.00 bits per heavy atom. The zero-order valence-corrected chi connectivity index (χ0v) is 12.3. The second kappa shape index (κ2) is 5.34. The third-order valence-corrected chi connectivity index (χ3v) is 4.56. The van der Waals surface area contributed by atoms with Gasteiger partial charge in [0, 0.05) is 20.6 Å². The van der Waals surface area contributed by atoms with Crippen LogP contribution in [0.15, 0.2) is 34.8 Å². The Balaban J connectivity index is 2.20. The molecule has 1 unspecified atom stereocenters. The van der Waals surface area contributed by atoms with Crippen molar-refractivity contribution in [1.29, 1.82) is 0 Å². The highest BCUT2D eigenvalue weighted by atomic mass is 79.9. The van der Waals surface area contributed by atoms with Gasteiger partial charge in [0.2, 0.25) is 0 Å². The fourth-order valence-electron chi connectivity index (χ4n) is 1.96. The number of aliphatic hydroxyl groups is 1. The van der Waals surface area contributed by atoms with E-state index in [1.165, 1.54) is 9.75 Å². The molecule has 0 bridgehead atoms. The van der Waals surface area contributed by atoms with Gasteiger partial charge in [0.05, 0.1) is 6.10 Å². The maximum atomic E-state index is 10.3. The van der Waals surface area contributed by atoms with Gasteiger partial charge in [0.1, 0.15) is 0 Å². The molecule has 0 aliphatic rings. The zero-order valence-electron chi connectivity index (χ0n) is 9.90. The van der Waals surface area contributed by atoms with Crippen molar-refractivity contribution in [3.05, 3.63) is 55.7 Å². The number of aryl methyl sites for hydroxylation is 2. The van der Waals surface area contributed by atoms with Crippen molar-refractivity contribution in [2.45, 2.75) is 26.4 Å². The quantitative estimate of drug-likeness (QED) is 0.890. The van der Waals surface area contributed by atoms with Gasteiger partial charge in [-0.15, -0.1) is 11.3 Å². The normalized spacial score (nSPS) is 12.7. The predicted molar refractivity (Wildman–Crippen MR) is 76.6 cm³/mol. The largest absolute Gasteiger partial charge is 0.388 e. The first-order chi connectivity index (χ1) is 8.08. The second-order valence-corrected chi connectivity index (χ2v) is 6.49. The van der Waals surface area contributed by atoms with Crippen LogP contribution >= 0.6 is 27.3 Å². The molecule has 17 heavy (non-hydrogen) atoms. The van der Waals surface area contributed by atoms with Crippen LogP contribution in [0.1, 0.15) is 27.0 Å². The van der Waals surface area contributed by atoms with Gasteiger partial charge in [-0.3, -0.25) is 0 Å². The summed E-state index contributed by atoms with van der Waals surface area (Å²) in [6.45, 7) is 4.14. The molecule has 1 atom stereocenters. The van der Waals surface area contributed by atoms with E-state index >= 15 is 0 Å². The van der Waals surface area contributed by atoms with Crippen LogP contribution in [-0.2, 0) is 6.42 Å². The van der Waals surface area contributed by atoms with Crippen LogP contribution in [0.3, 0.4) is 0 Å². The highest BCUT2D eigenvalue weighted by Crippen LogP contribution is 2.30. The molecule has 0 saturated carbocycles.